The third kappa shape index (κ3) is 3.78. The van der Waals surface area contributed by atoms with Crippen LogP contribution in [0, 0.1) is 0 Å². The Bertz CT molecular complexity index is 1090. The van der Waals surface area contributed by atoms with E-state index in [4.69, 9.17) is 0 Å². The Labute approximate surface area is 180 Å². The molecule has 0 saturated carbocycles. The van der Waals surface area contributed by atoms with Gasteiger partial charge in [0.25, 0.3) is 5.91 Å². The van der Waals surface area contributed by atoms with Gasteiger partial charge in [0.05, 0.1) is 0 Å². The Morgan fingerprint density at radius 3 is 2.43 bits per heavy atom. The fraction of sp³-hybridized carbons (Fsp3) is 0.444. The van der Waals surface area contributed by atoms with Crippen LogP contribution < -0.4 is 5.32 Å². The second-order valence-electron chi connectivity index (χ2n) is 10.1. The van der Waals surface area contributed by atoms with Crippen molar-refractivity contribution in [2.75, 3.05) is 5.32 Å². The number of unbranched alkanes of at least 4 members (excludes halogenated alkanes) is 1. The molecule has 0 radical (unpaired) electrons. The third-order valence-electron chi connectivity index (χ3n) is 6.90. The van der Waals surface area contributed by atoms with Gasteiger partial charge in [0.2, 0.25) is 0 Å². The van der Waals surface area contributed by atoms with Crippen molar-refractivity contribution in [3.8, 4) is 0 Å². The van der Waals surface area contributed by atoms with Crippen LogP contribution in [-0.4, -0.2) is 10.5 Å². The predicted octanol–water partition coefficient (Wildman–Crippen LogP) is 7.04. The summed E-state index contributed by atoms with van der Waals surface area (Å²) in [5.41, 5.74) is 5.76. The van der Waals surface area contributed by atoms with Crippen LogP contribution in [0.25, 0.3) is 10.9 Å². The summed E-state index contributed by atoms with van der Waals surface area (Å²) in [7, 11) is 0. The number of hydrogen-bond acceptors (Lipinski definition) is 1. The summed E-state index contributed by atoms with van der Waals surface area (Å²) >= 11 is 0. The van der Waals surface area contributed by atoms with Crippen molar-refractivity contribution in [3.63, 3.8) is 0 Å². The van der Waals surface area contributed by atoms with E-state index >= 15 is 0 Å². The topological polar surface area (TPSA) is 34.0 Å². The molecule has 0 spiro atoms. The molecule has 1 aliphatic carbocycles. The van der Waals surface area contributed by atoms with E-state index in [0.29, 0.717) is 0 Å². The van der Waals surface area contributed by atoms with E-state index in [0.717, 1.165) is 29.6 Å². The average Bonchev–Trinajstić information content (AvgIpc) is 3.12. The highest BCUT2D eigenvalue weighted by Gasteiger charge is 2.37. The first kappa shape index (κ1) is 20.7. The maximum absolute atomic E-state index is 13.0. The van der Waals surface area contributed by atoms with Crippen molar-refractivity contribution in [2.45, 2.75) is 77.7 Å². The minimum absolute atomic E-state index is 0.0401. The molecule has 2 aromatic carbocycles. The SMILES string of the molecule is CCCCn1ccc2cc(NC(=O)c3ccc4c(c3)C(C)(C)CCC4(C)C)ccc21. The van der Waals surface area contributed by atoms with Crippen molar-refractivity contribution >= 4 is 22.5 Å². The fourth-order valence-electron chi connectivity index (χ4n) is 4.73. The van der Waals surface area contributed by atoms with E-state index in [1.807, 2.05) is 12.1 Å². The molecule has 0 unspecified atom stereocenters. The Hall–Kier alpha value is -2.55. The first-order chi connectivity index (χ1) is 14.2. The molecule has 3 heteroatoms. The van der Waals surface area contributed by atoms with Gasteiger partial charge >= 0.3 is 0 Å². The lowest BCUT2D eigenvalue weighted by atomic mass is 9.63. The monoisotopic (exact) mass is 402 g/mol. The van der Waals surface area contributed by atoms with Gasteiger partial charge in [-0.2, -0.15) is 0 Å². The molecule has 4 rings (SSSR count). The smallest absolute Gasteiger partial charge is 0.255 e. The maximum atomic E-state index is 13.0. The first-order valence-corrected chi connectivity index (χ1v) is 11.3. The standard InChI is InChI=1S/C27H34N2O/c1-6-7-15-29-16-12-19-17-21(9-11-24(19)29)28-25(30)20-8-10-22-23(18-20)27(4,5)14-13-26(22,2)3/h8-12,16-18H,6-7,13-15H2,1-5H3,(H,28,30). The number of nitrogens with zero attached hydrogens (tertiary/aromatic N) is 1. The summed E-state index contributed by atoms with van der Waals surface area (Å²) in [4.78, 5) is 13.0. The number of anilines is 1. The highest BCUT2D eigenvalue weighted by molar-refractivity contribution is 6.05. The zero-order valence-electron chi connectivity index (χ0n) is 19.0. The molecule has 1 amide bonds. The molecular weight excluding hydrogens is 368 g/mol. The van der Waals surface area contributed by atoms with E-state index in [1.165, 1.54) is 35.9 Å². The normalized spacial score (nSPS) is 17.0. The van der Waals surface area contributed by atoms with Crippen LogP contribution in [0.2, 0.25) is 0 Å². The molecule has 1 heterocycles. The second-order valence-corrected chi connectivity index (χ2v) is 10.1. The molecular formula is C27H34N2O. The lowest BCUT2D eigenvalue weighted by Crippen LogP contribution is -2.34. The van der Waals surface area contributed by atoms with Crippen LogP contribution in [0.5, 0.6) is 0 Å². The summed E-state index contributed by atoms with van der Waals surface area (Å²) in [6.07, 6.45) is 6.82. The van der Waals surface area contributed by atoms with Crippen molar-refractivity contribution in [2.24, 2.45) is 0 Å². The maximum Gasteiger partial charge on any atom is 0.255 e. The lowest BCUT2D eigenvalue weighted by molar-refractivity contribution is 0.102. The minimum Gasteiger partial charge on any atom is -0.347 e. The van der Waals surface area contributed by atoms with E-state index in [1.54, 1.807) is 0 Å². The Kier molecular flexibility index (Phi) is 5.25. The number of carbonyl (C=O) groups excluding carboxylic acids is 1. The van der Waals surface area contributed by atoms with E-state index in [2.05, 4.69) is 81.0 Å². The van der Waals surface area contributed by atoms with Crippen molar-refractivity contribution in [3.05, 3.63) is 65.4 Å². The van der Waals surface area contributed by atoms with Crippen LogP contribution >= 0.6 is 0 Å². The predicted molar refractivity (Wildman–Crippen MR) is 127 cm³/mol. The number of fused-ring (bicyclic) bond motifs is 2. The van der Waals surface area contributed by atoms with Crippen molar-refractivity contribution < 1.29 is 4.79 Å². The number of rotatable bonds is 5. The zero-order chi connectivity index (χ0) is 21.5. The summed E-state index contributed by atoms with van der Waals surface area (Å²) in [5, 5.41) is 4.27. The zero-order valence-corrected chi connectivity index (χ0v) is 19.0. The van der Waals surface area contributed by atoms with Gasteiger partial charge in [0.15, 0.2) is 0 Å². The summed E-state index contributed by atoms with van der Waals surface area (Å²) in [5.74, 6) is -0.0401. The van der Waals surface area contributed by atoms with Gasteiger partial charge in [0.1, 0.15) is 0 Å². The van der Waals surface area contributed by atoms with Gasteiger partial charge in [0, 0.05) is 34.9 Å². The highest BCUT2D eigenvalue weighted by Crippen LogP contribution is 2.45. The van der Waals surface area contributed by atoms with Gasteiger partial charge in [-0.25, -0.2) is 0 Å². The van der Waals surface area contributed by atoms with Crippen LogP contribution in [0.4, 0.5) is 5.69 Å². The Balaban J connectivity index is 1.58. The summed E-state index contributed by atoms with van der Waals surface area (Å²) < 4.78 is 2.29. The summed E-state index contributed by atoms with van der Waals surface area (Å²) in [6, 6.07) is 14.6. The number of benzene rings is 2. The van der Waals surface area contributed by atoms with Gasteiger partial charge in [-0.3, -0.25) is 4.79 Å². The number of amides is 1. The fourth-order valence-corrected chi connectivity index (χ4v) is 4.73. The van der Waals surface area contributed by atoms with E-state index in [-0.39, 0.29) is 16.7 Å². The largest absolute Gasteiger partial charge is 0.347 e. The number of hydrogen-bond donors (Lipinski definition) is 1. The van der Waals surface area contributed by atoms with Crippen LogP contribution in [0.15, 0.2) is 48.7 Å². The number of carbonyl (C=O) groups is 1. The molecule has 1 aliphatic rings. The molecule has 3 aromatic rings. The molecule has 0 fully saturated rings. The molecule has 1 N–H and O–H groups in total. The third-order valence-corrected chi connectivity index (χ3v) is 6.90. The first-order valence-electron chi connectivity index (χ1n) is 11.3. The van der Waals surface area contributed by atoms with Gasteiger partial charge < -0.3 is 9.88 Å². The molecule has 158 valence electrons. The van der Waals surface area contributed by atoms with Crippen LogP contribution in [-0.2, 0) is 17.4 Å². The number of nitrogens with one attached hydrogen (secondary N) is 1. The Morgan fingerprint density at radius 1 is 0.967 bits per heavy atom. The van der Waals surface area contributed by atoms with Crippen LogP contribution in [0.3, 0.4) is 0 Å². The highest BCUT2D eigenvalue weighted by atomic mass is 16.1. The lowest BCUT2D eigenvalue weighted by Gasteiger charge is -2.42. The number of aromatic nitrogens is 1. The average molecular weight is 403 g/mol. The molecule has 3 nitrogen and oxygen atoms in total. The molecule has 1 aromatic heterocycles. The molecule has 30 heavy (non-hydrogen) atoms. The van der Waals surface area contributed by atoms with Gasteiger partial charge in [-0.05, 0) is 77.6 Å². The Morgan fingerprint density at radius 2 is 1.70 bits per heavy atom. The van der Waals surface area contributed by atoms with E-state index < -0.39 is 0 Å². The molecule has 0 atom stereocenters. The molecule has 0 saturated heterocycles. The van der Waals surface area contributed by atoms with Gasteiger partial charge in [-0.15, -0.1) is 0 Å². The number of aryl methyl sites for hydroxylation is 1. The molecule has 0 aliphatic heterocycles. The van der Waals surface area contributed by atoms with Crippen LogP contribution in [0.1, 0.15) is 81.8 Å². The van der Waals surface area contributed by atoms with Gasteiger partial charge in [-0.1, -0.05) is 47.1 Å². The van der Waals surface area contributed by atoms with E-state index in [9.17, 15) is 4.79 Å². The quantitative estimate of drug-likeness (QED) is 0.488. The summed E-state index contributed by atoms with van der Waals surface area (Å²) in [6.45, 7) is 12.4. The van der Waals surface area contributed by atoms with Crippen molar-refractivity contribution in [1.29, 1.82) is 0 Å². The van der Waals surface area contributed by atoms with Crippen molar-refractivity contribution in [1.82, 2.24) is 4.57 Å². The minimum atomic E-state index is -0.0401. The second kappa shape index (κ2) is 7.61. The molecule has 0 bridgehead atoms.